The number of benzene rings is 2. The predicted molar refractivity (Wildman–Crippen MR) is 92.2 cm³/mol. The normalized spacial score (nSPS) is 10.7. The van der Waals surface area contributed by atoms with Crippen LogP contribution in [0.2, 0.25) is 10.0 Å². The number of nitrogens with zero attached hydrogens (tertiary/aromatic N) is 1. The number of hydrogen-bond acceptors (Lipinski definition) is 3. The number of rotatable bonds is 4. The summed E-state index contributed by atoms with van der Waals surface area (Å²) in [5.41, 5.74) is 3.43. The lowest BCUT2D eigenvalue weighted by atomic mass is 10.2. The highest BCUT2D eigenvalue weighted by Crippen LogP contribution is 2.22. The van der Waals surface area contributed by atoms with Crippen LogP contribution in [0.3, 0.4) is 0 Å². The number of nitrogens with one attached hydrogen (secondary N) is 1. The first-order valence-electron chi connectivity index (χ1n) is 6.13. The van der Waals surface area contributed by atoms with Gasteiger partial charge in [-0.25, -0.2) is 5.43 Å². The maximum absolute atomic E-state index is 12.0. The summed E-state index contributed by atoms with van der Waals surface area (Å²) in [4.78, 5) is 12.0. The number of hydrazone groups is 1. The molecule has 114 valence electrons. The average Bonchev–Trinajstić information content (AvgIpc) is 2.47. The zero-order chi connectivity index (χ0) is 16.1. The molecule has 0 spiro atoms. The van der Waals surface area contributed by atoms with E-state index in [1.54, 1.807) is 19.2 Å². The Labute approximate surface area is 146 Å². The Bertz CT molecular complexity index is 735. The van der Waals surface area contributed by atoms with Gasteiger partial charge < -0.3 is 4.74 Å². The van der Waals surface area contributed by atoms with Gasteiger partial charge in [-0.3, -0.25) is 4.79 Å². The molecule has 0 saturated heterocycles. The average molecular weight is 402 g/mol. The number of ether oxygens (including phenoxy) is 1. The molecule has 0 aliphatic carbocycles. The van der Waals surface area contributed by atoms with Crippen LogP contribution in [-0.4, -0.2) is 19.2 Å². The van der Waals surface area contributed by atoms with Crippen molar-refractivity contribution in [2.45, 2.75) is 0 Å². The fraction of sp³-hybridized carbons (Fsp3) is 0.0667. The summed E-state index contributed by atoms with van der Waals surface area (Å²) in [5, 5.41) is 4.64. The third-order valence-electron chi connectivity index (χ3n) is 2.74. The quantitative estimate of drug-likeness (QED) is 0.604. The van der Waals surface area contributed by atoms with Crippen LogP contribution in [0.25, 0.3) is 0 Å². The fourth-order valence-electron chi connectivity index (χ4n) is 1.70. The molecule has 2 rings (SSSR count). The second-order valence-corrected chi connectivity index (χ2v) is 5.97. The van der Waals surface area contributed by atoms with Crippen LogP contribution in [0.4, 0.5) is 0 Å². The van der Waals surface area contributed by atoms with Crippen molar-refractivity contribution in [3.63, 3.8) is 0 Å². The van der Waals surface area contributed by atoms with Crippen LogP contribution < -0.4 is 10.2 Å². The van der Waals surface area contributed by atoms with Crippen LogP contribution >= 0.6 is 39.1 Å². The molecule has 7 heteroatoms. The monoisotopic (exact) mass is 400 g/mol. The van der Waals surface area contributed by atoms with Gasteiger partial charge in [0.25, 0.3) is 5.91 Å². The molecule has 4 nitrogen and oxygen atoms in total. The lowest BCUT2D eigenvalue weighted by Crippen LogP contribution is -2.18. The minimum Gasteiger partial charge on any atom is -0.496 e. The molecule has 1 N–H and O–H groups in total. The third-order valence-corrected chi connectivity index (χ3v) is 3.78. The Morgan fingerprint density at radius 2 is 2.05 bits per heavy atom. The highest BCUT2D eigenvalue weighted by molar-refractivity contribution is 9.10. The number of carbonyl (C=O) groups is 1. The second kappa shape index (κ2) is 7.63. The second-order valence-electron chi connectivity index (χ2n) is 4.21. The summed E-state index contributed by atoms with van der Waals surface area (Å²) < 4.78 is 6.09. The van der Waals surface area contributed by atoms with Gasteiger partial charge in [-0.2, -0.15) is 5.10 Å². The molecule has 22 heavy (non-hydrogen) atoms. The topological polar surface area (TPSA) is 50.7 Å². The van der Waals surface area contributed by atoms with E-state index in [1.807, 2.05) is 12.1 Å². The first kappa shape index (κ1) is 16.8. The molecule has 0 aromatic heterocycles. The van der Waals surface area contributed by atoms with E-state index in [0.717, 1.165) is 10.0 Å². The van der Waals surface area contributed by atoms with Crippen LogP contribution in [0, 0.1) is 0 Å². The van der Waals surface area contributed by atoms with Gasteiger partial charge in [0.05, 0.1) is 23.9 Å². The Balaban J connectivity index is 2.12. The number of amides is 1. The van der Waals surface area contributed by atoms with Crippen LogP contribution in [0.1, 0.15) is 15.9 Å². The first-order valence-corrected chi connectivity index (χ1v) is 7.68. The standard InChI is InChI=1S/C15H11BrCl2N2O2/c1-22-14-5-2-10(16)6-9(14)8-19-20-15(21)12-4-3-11(17)7-13(12)18/h2-8H,1H3,(H,20,21). The SMILES string of the molecule is COc1ccc(Br)cc1C=NNC(=O)c1ccc(Cl)cc1Cl. The van der Waals surface area contributed by atoms with Crippen LogP contribution in [0.15, 0.2) is 46.0 Å². The molecule has 0 bridgehead atoms. The minimum atomic E-state index is -0.424. The molecule has 2 aromatic carbocycles. The van der Waals surface area contributed by atoms with E-state index in [0.29, 0.717) is 16.3 Å². The van der Waals surface area contributed by atoms with Crippen molar-refractivity contribution in [1.82, 2.24) is 5.43 Å². The summed E-state index contributed by atoms with van der Waals surface area (Å²) in [7, 11) is 1.56. The van der Waals surface area contributed by atoms with Crippen molar-refractivity contribution in [1.29, 1.82) is 0 Å². The highest BCUT2D eigenvalue weighted by Gasteiger charge is 2.09. The van der Waals surface area contributed by atoms with Gasteiger partial charge in [0.15, 0.2) is 0 Å². The summed E-state index contributed by atoms with van der Waals surface area (Å²) in [6.45, 7) is 0. The maximum atomic E-state index is 12.0. The molecular formula is C15H11BrCl2N2O2. The largest absolute Gasteiger partial charge is 0.496 e. The molecule has 0 saturated carbocycles. The van der Waals surface area contributed by atoms with Gasteiger partial charge in [0.1, 0.15) is 5.75 Å². The number of carbonyl (C=O) groups excluding carboxylic acids is 1. The van der Waals surface area contributed by atoms with Crippen molar-refractivity contribution in [2.24, 2.45) is 5.10 Å². The van der Waals surface area contributed by atoms with Crippen molar-refractivity contribution >= 4 is 51.3 Å². The molecule has 2 aromatic rings. The molecule has 0 radical (unpaired) electrons. The van der Waals surface area contributed by atoms with E-state index in [9.17, 15) is 4.79 Å². The maximum Gasteiger partial charge on any atom is 0.272 e. The van der Waals surface area contributed by atoms with Gasteiger partial charge in [-0.05, 0) is 36.4 Å². The van der Waals surface area contributed by atoms with Crippen molar-refractivity contribution < 1.29 is 9.53 Å². The van der Waals surface area contributed by atoms with Crippen molar-refractivity contribution in [3.05, 3.63) is 62.0 Å². The van der Waals surface area contributed by atoms with Crippen molar-refractivity contribution in [2.75, 3.05) is 7.11 Å². The molecule has 0 fully saturated rings. The third kappa shape index (κ3) is 4.22. The molecular weight excluding hydrogens is 391 g/mol. The van der Waals surface area contributed by atoms with Crippen LogP contribution in [-0.2, 0) is 0 Å². The van der Waals surface area contributed by atoms with Gasteiger partial charge in [-0.1, -0.05) is 39.1 Å². The number of halogens is 3. The Hall–Kier alpha value is -1.56. The molecule has 0 unspecified atom stereocenters. The first-order chi connectivity index (χ1) is 10.5. The Morgan fingerprint density at radius 1 is 1.27 bits per heavy atom. The fourth-order valence-corrected chi connectivity index (χ4v) is 2.57. The molecule has 1 amide bonds. The van der Waals surface area contributed by atoms with Crippen LogP contribution in [0.5, 0.6) is 5.75 Å². The zero-order valence-corrected chi connectivity index (χ0v) is 14.5. The van der Waals surface area contributed by atoms with Gasteiger partial charge in [-0.15, -0.1) is 0 Å². The van der Waals surface area contributed by atoms with Gasteiger partial charge in [0, 0.05) is 15.1 Å². The van der Waals surface area contributed by atoms with E-state index in [4.69, 9.17) is 27.9 Å². The lowest BCUT2D eigenvalue weighted by Gasteiger charge is -2.05. The summed E-state index contributed by atoms with van der Waals surface area (Å²) >= 11 is 15.1. The predicted octanol–water partition coefficient (Wildman–Crippen LogP) is 4.53. The van der Waals surface area contributed by atoms with E-state index in [-0.39, 0.29) is 5.02 Å². The Morgan fingerprint density at radius 3 is 2.73 bits per heavy atom. The van der Waals surface area contributed by atoms with Gasteiger partial charge >= 0.3 is 0 Å². The number of hydrogen-bond donors (Lipinski definition) is 1. The van der Waals surface area contributed by atoms with E-state index in [1.165, 1.54) is 18.3 Å². The highest BCUT2D eigenvalue weighted by atomic mass is 79.9. The molecule has 0 aliphatic heterocycles. The molecule has 0 aliphatic rings. The lowest BCUT2D eigenvalue weighted by molar-refractivity contribution is 0.0955. The van der Waals surface area contributed by atoms with Crippen molar-refractivity contribution in [3.8, 4) is 5.75 Å². The zero-order valence-electron chi connectivity index (χ0n) is 11.4. The summed E-state index contributed by atoms with van der Waals surface area (Å²) in [5.74, 6) is 0.220. The van der Waals surface area contributed by atoms with E-state index >= 15 is 0 Å². The number of methoxy groups -OCH3 is 1. The molecule has 0 atom stereocenters. The van der Waals surface area contributed by atoms with E-state index in [2.05, 4.69) is 26.5 Å². The smallest absolute Gasteiger partial charge is 0.272 e. The summed E-state index contributed by atoms with van der Waals surface area (Å²) in [6.07, 6.45) is 1.49. The van der Waals surface area contributed by atoms with E-state index < -0.39 is 5.91 Å². The Kier molecular flexibility index (Phi) is 5.83. The summed E-state index contributed by atoms with van der Waals surface area (Å²) in [6, 6.07) is 10.1. The van der Waals surface area contributed by atoms with Gasteiger partial charge in [0.2, 0.25) is 0 Å². The minimum absolute atomic E-state index is 0.264. The molecule has 0 heterocycles.